The summed E-state index contributed by atoms with van der Waals surface area (Å²) in [7, 11) is -3.08. The summed E-state index contributed by atoms with van der Waals surface area (Å²) < 4.78 is 31.2. The van der Waals surface area contributed by atoms with Crippen molar-refractivity contribution in [2.24, 2.45) is 0 Å². The van der Waals surface area contributed by atoms with Crippen LogP contribution in [-0.4, -0.2) is 40.8 Å². The maximum absolute atomic E-state index is 12.5. The van der Waals surface area contributed by atoms with Crippen LogP contribution in [0.15, 0.2) is 48.8 Å². The number of aryl methyl sites for hydroxylation is 1. The third kappa shape index (κ3) is 4.27. The van der Waals surface area contributed by atoms with E-state index in [1.54, 1.807) is 31.2 Å². The predicted octanol–water partition coefficient (Wildman–Crippen LogP) is 2.53. The lowest BCUT2D eigenvalue weighted by molar-refractivity contribution is 0.0915. The number of nitrogens with one attached hydrogen (secondary N) is 1. The van der Waals surface area contributed by atoms with E-state index in [4.69, 9.17) is 4.74 Å². The number of sulfone groups is 1. The summed E-state index contributed by atoms with van der Waals surface area (Å²) in [5, 5.41) is 2.85. The molecule has 4 rings (SSSR count). The van der Waals surface area contributed by atoms with Crippen LogP contribution in [0.25, 0.3) is 5.65 Å². The fourth-order valence-electron chi connectivity index (χ4n) is 3.59. The molecule has 0 aliphatic carbocycles. The number of hydrogen-bond acceptors (Lipinski definition) is 5. The molecular weight excluding hydrogens is 390 g/mol. The van der Waals surface area contributed by atoms with Gasteiger partial charge in [-0.15, -0.1) is 0 Å². The second-order valence-corrected chi connectivity index (χ2v) is 10.0. The number of rotatable bonds is 5. The molecule has 29 heavy (non-hydrogen) atoms. The van der Waals surface area contributed by atoms with E-state index in [-0.39, 0.29) is 17.4 Å². The first-order valence-corrected chi connectivity index (χ1v) is 11.2. The van der Waals surface area contributed by atoms with Crippen LogP contribution in [0.5, 0.6) is 5.75 Å². The van der Waals surface area contributed by atoms with Crippen molar-refractivity contribution in [3.05, 3.63) is 65.6 Å². The van der Waals surface area contributed by atoms with Crippen molar-refractivity contribution in [1.82, 2.24) is 14.7 Å². The minimum atomic E-state index is -3.08. The second-order valence-electron chi connectivity index (χ2n) is 7.82. The number of imidazole rings is 1. The Kier molecular flexibility index (Phi) is 4.82. The molecule has 3 aromatic rings. The highest BCUT2D eigenvalue weighted by atomic mass is 32.2. The molecule has 1 amide bonds. The SMILES string of the molecule is Cc1cccn2cc(COc3ccc(C(=O)NC4(C)CCS(=O)(=O)C4)cc3)nc12. The zero-order valence-corrected chi connectivity index (χ0v) is 17.2. The molecule has 7 nitrogen and oxygen atoms in total. The Morgan fingerprint density at radius 3 is 2.69 bits per heavy atom. The van der Waals surface area contributed by atoms with Gasteiger partial charge in [-0.05, 0) is 56.2 Å². The molecule has 1 aliphatic heterocycles. The number of nitrogens with zero attached hydrogens (tertiary/aromatic N) is 2. The van der Waals surface area contributed by atoms with Crippen LogP contribution < -0.4 is 10.1 Å². The first-order chi connectivity index (χ1) is 13.7. The lowest BCUT2D eigenvalue weighted by Crippen LogP contribution is -2.46. The fourth-order valence-corrected chi connectivity index (χ4v) is 5.68. The molecule has 1 N–H and O–H groups in total. The van der Waals surface area contributed by atoms with Gasteiger partial charge in [0.05, 0.1) is 22.7 Å². The van der Waals surface area contributed by atoms with E-state index < -0.39 is 15.4 Å². The first-order valence-electron chi connectivity index (χ1n) is 9.42. The number of aromatic nitrogens is 2. The van der Waals surface area contributed by atoms with Crippen molar-refractivity contribution in [1.29, 1.82) is 0 Å². The molecule has 1 aliphatic rings. The Morgan fingerprint density at radius 1 is 1.28 bits per heavy atom. The summed E-state index contributed by atoms with van der Waals surface area (Å²) in [5.41, 5.74) is 2.56. The van der Waals surface area contributed by atoms with Gasteiger partial charge >= 0.3 is 0 Å². The van der Waals surface area contributed by atoms with Crippen molar-refractivity contribution >= 4 is 21.4 Å². The highest BCUT2D eigenvalue weighted by molar-refractivity contribution is 7.91. The number of benzene rings is 1. The predicted molar refractivity (Wildman–Crippen MR) is 110 cm³/mol. The minimum Gasteiger partial charge on any atom is -0.487 e. The zero-order chi connectivity index (χ0) is 20.6. The van der Waals surface area contributed by atoms with E-state index in [0.717, 1.165) is 16.9 Å². The van der Waals surface area contributed by atoms with Gasteiger partial charge in [-0.2, -0.15) is 0 Å². The van der Waals surface area contributed by atoms with Crippen molar-refractivity contribution in [3.63, 3.8) is 0 Å². The van der Waals surface area contributed by atoms with Crippen LogP contribution in [0.2, 0.25) is 0 Å². The summed E-state index contributed by atoms with van der Waals surface area (Å²) in [6, 6.07) is 10.8. The number of carbonyl (C=O) groups excluding carboxylic acids is 1. The number of fused-ring (bicyclic) bond motifs is 1. The Bertz CT molecular complexity index is 1170. The van der Waals surface area contributed by atoms with Crippen molar-refractivity contribution < 1.29 is 17.9 Å². The van der Waals surface area contributed by atoms with Gasteiger partial charge in [-0.1, -0.05) is 6.07 Å². The van der Waals surface area contributed by atoms with Gasteiger partial charge in [-0.25, -0.2) is 13.4 Å². The van der Waals surface area contributed by atoms with Crippen molar-refractivity contribution in [3.8, 4) is 5.75 Å². The normalized spacial score (nSPS) is 20.6. The van der Waals surface area contributed by atoms with E-state index in [0.29, 0.717) is 24.3 Å². The van der Waals surface area contributed by atoms with Gasteiger partial charge in [-0.3, -0.25) is 4.79 Å². The van der Waals surface area contributed by atoms with Crippen LogP contribution in [0.1, 0.15) is 35.0 Å². The quantitative estimate of drug-likeness (QED) is 0.694. The molecule has 1 atom stereocenters. The Balaban J connectivity index is 1.38. The molecule has 1 saturated heterocycles. The number of ether oxygens (including phenoxy) is 1. The summed E-state index contributed by atoms with van der Waals surface area (Å²) in [4.78, 5) is 17.1. The Hall–Kier alpha value is -2.87. The van der Waals surface area contributed by atoms with E-state index in [2.05, 4.69) is 10.3 Å². The molecule has 0 bridgehead atoms. The molecule has 1 aromatic carbocycles. The molecule has 3 heterocycles. The Labute approximate surface area is 169 Å². The van der Waals surface area contributed by atoms with Crippen LogP contribution in [0.4, 0.5) is 0 Å². The van der Waals surface area contributed by atoms with E-state index >= 15 is 0 Å². The fraction of sp³-hybridized carbons (Fsp3) is 0.333. The molecule has 2 aromatic heterocycles. The molecule has 1 fully saturated rings. The average Bonchev–Trinajstić information content (AvgIpc) is 3.21. The maximum Gasteiger partial charge on any atom is 0.251 e. The largest absolute Gasteiger partial charge is 0.487 e. The van der Waals surface area contributed by atoms with E-state index in [1.807, 2.05) is 35.9 Å². The summed E-state index contributed by atoms with van der Waals surface area (Å²) in [6.07, 6.45) is 4.31. The summed E-state index contributed by atoms with van der Waals surface area (Å²) >= 11 is 0. The third-order valence-electron chi connectivity index (χ3n) is 5.15. The Morgan fingerprint density at radius 2 is 2.03 bits per heavy atom. The van der Waals surface area contributed by atoms with Crippen LogP contribution in [-0.2, 0) is 16.4 Å². The van der Waals surface area contributed by atoms with Gasteiger partial charge in [0.15, 0.2) is 9.84 Å². The van der Waals surface area contributed by atoms with Crippen LogP contribution >= 0.6 is 0 Å². The second kappa shape index (κ2) is 7.18. The lowest BCUT2D eigenvalue weighted by Gasteiger charge is -2.23. The molecule has 0 spiro atoms. The first kappa shape index (κ1) is 19.4. The average molecular weight is 413 g/mol. The summed E-state index contributed by atoms with van der Waals surface area (Å²) in [5.74, 6) is 0.432. The van der Waals surface area contributed by atoms with Crippen LogP contribution in [0, 0.1) is 6.92 Å². The number of carbonyl (C=O) groups is 1. The van der Waals surface area contributed by atoms with Gasteiger partial charge < -0.3 is 14.5 Å². The van der Waals surface area contributed by atoms with Gasteiger partial charge in [0.25, 0.3) is 5.91 Å². The molecule has 152 valence electrons. The standard InChI is InChI=1S/C21H23N3O4S/c1-15-4-3-10-24-12-17(22-19(15)24)13-28-18-7-5-16(6-8-18)20(25)23-21(2)9-11-29(26,27)14-21/h3-8,10,12H,9,11,13-14H2,1-2H3,(H,23,25). The number of pyridine rings is 1. The molecule has 0 radical (unpaired) electrons. The van der Waals surface area contributed by atoms with Crippen LogP contribution in [0.3, 0.4) is 0 Å². The van der Waals surface area contributed by atoms with E-state index in [9.17, 15) is 13.2 Å². The number of amides is 1. The smallest absolute Gasteiger partial charge is 0.251 e. The molecule has 0 saturated carbocycles. The number of hydrogen-bond donors (Lipinski definition) is 1. The topological polar surface area (TPSA) is 89.8 Å². The monoisotopic (exact) mass is 413 g/mol. The highest BCUT2D eigenvalue weighted by Gasteiger charge is 2.39. The molecule has 1 unspecified atom stereocenters. The molecular formula is C21H23N3O4S. The van der Waals surface area contributed by atoms with Gasteiger partial charge in [0.2, 0.25) is 0 Å². The third-order valence-corrected chi connectivity index (χ3v) is 7.05. The minimum absolute atomic E-state index is 0.0224. The van der Waals surface area contributed by atoms with Crippen molar-refractivity contribution in [2.75, 3.05) is 11.5 Å². The van der Waals surface area contributed by atoms with Gasteiger partial charge in [0, 0.05) is 18.0 Å². The lowest BCUT2D eigenvalue weighted by atomic mass is 10.0. The zero-order valence-electron chi connectivity index (χ0n) is 16.4. The maximum atomic E-state index is 12.5. The summed E-state index contributed by atoms with van der Waals surface area (Å²) in [6.45, 7) is 4.10. The van der Waals surface area contributed by atoms with E-state index in [1.165, 1.54) is 0 Å². The van der Waals surface area contributed by atoms with Crippen molar-refractivity contribution in [2.45, 2.75) is 32.4 Å². The molecule has 8 heteroatoms. The highest BCUT2D eigenvalue weighted by Crippen LogP contribution is 2.23. The van der Waals surface area contributed by atoms with Gasteiger partial charge in [0.1, 0.15) is 18.0 Å².